The third-order valence-corrected chi connectivity index (χ3v) is 6.44. The van der Waals surface area contributed by atoms with Gasteiger partial charge in [-0.05, 0) is 31.6 Å². The highest BCUT2D eigenvalue weighted by Crippen LogP contribution is 2.06. The summed E-state index contributed by atoms with van der Waals surface area (Å²) < 4.78 is 5.86. The molecule has 0 radical (unpaired) electrons. The highest BCUT2D eigenvalue weighted by atomic mass is 28.4. The van der Waals surface area contributed by atoms with Crippen LogP contribution in [0.15, 0.2) is 0 Å². The van der Waals surface area contributed by atoms with Crippen LogP contribution in [0.3, 0.4) is 0 Å². The van der Waals surface area contributed by atoms with Crippen LogP contribution in [0.5, 0.6) is 0 Å². The lowest BCUT2D eigenvalue weighted by Gasteiger charge is -2.17. The average molecular weight is 190 g/mol. The van der Waals surface area contributed by atoms with Gasteiger partial charge in [0.05, 0.1) is 0 Å². The summed E-state index contributed by atoms with van der Waals surface area (Å²) in [5, 5.41) is 0. The SMILES string of the molecule is CC(C)CC[SiH2]O[Si](C)(C)C. The van der Waals surface area contributed by atoms with E-state index < -0.39 is 8.32 Å². The van der Waals surface area contributed by atoms with Crippen molar-refractivity contribution in [2.24, 2.45) is 5.92 Å². The van der Waals surface area contributed by atoms with Gasteiger partial charge in [-0.2, -0.15) is 0 Å². The van der Waals surface area contributed by atoms with E-state index in [-0.39, 0.29) is 9.76 Å². The van der Waals surface area contributed by atoms with E-state index in [1.54, 1.807) is 0 Å². The molecule has 0 rings (SSSR count). The summed E-state index contributed by atoms with van der Waals surface area (Å²) in [5.74, 6) is 0.854. The lowest BCUT2D eigenvalue weighted by Crippen LogP contribution is -2.27. The molecular formula is C8H22OSi2. The lowest BCUT2D eigenvalue weighted by molar-refractivity contribution is 0.565. The molecule has 0 unspecified atom stereocenters. The Balaban J connectivity index is 3.15. The zero-order valence-electron chi connectivity index (χ0n) is 8.61. The van der Waals surface area contributed by atoms with E-state index in [1.807, 2.05) is 0 Å². The van der Waals surface area contributed by atoms with E-state index in [4.69, 9.17) is 4.12 Å². The van der Waals surface area contributed by atoms with Gasteiger partial charge < -0.3 is 4.12 Å². The van der Waals surface area contributed by atoms with Crippen LogP contribution < -0.4 is 0 Å². The molecule has 0 N–H and O–H groups in total. The largest absolute Gasteiger partial charge is 0.461 e. The van der Waals surface area contributed by atoms with Gasteiger partial charge in [-0.25, -0.2) is 0 Å². The maximum absolute atomic E-state index is 5.86. The van der Waals surface area contributed by atoms with Crippen LogP contribution in [0, 0.1) is 5.92 Å². The molecule has 3 heteroatoms. The Hall–Kier alpha value is 0.394. The first-order valence-corrected chi connectivity index (χ1v) is 9.54. The molecular weight excluding hydrogens is 168 g/mol. The third kappa shape index (κ3) is 10.4. The fourth-order valence-corrected chi connectivity index (χ4v) is 4.88. The predicted molar refractivity (Wildman–Crippen MR) is 57.2 cm³/mol. The molecule has 0 aliphatic carbocycles. The fourth-order valence-electron chi connectivity index (χ4n) is 0.870. The van der Waals surface area contributed by atoms with Gasteiger partial charge in [0.2, 0.25) is 0 Å². The highest BCUT2D eigenvalue weighted by Gasteiger charge is 2.12. The van der Waals surface area contributed by atoms with Crippen LogP contribution in [-0.4, -0.2) is 18.1 Å². The molecule has 0 aromatic heterocycles. The Morgan fingerprint density at radius 1 is 1.27 bits per heavy atom. The Bertz CT molecular complexity index is 96.8. The van der Waals surface area contributed by atoms with Gasteiger partial charge in [-0.1, -0.05) is 20.3 Å². The smallest absolute Gasteiger partial charge is 0.169 e. The van der Waals surface area contributed by atoms with Gasteiger partial charge >= 0.3 is 0 Å². The van der Waals surface area contributed by atoms with Crippen molar-refractivity contribution >= 4 is 18.1 Å². The summed E-state index contributed by atoms with van der Waals surface area (Å²) in [4.78, 5) is 0. The maximum atomic E-state index is 5.86. The Morgan fingerprint density at radius 2 is 1.82 bits per heavy atom. The summed E-state index contributed by atoms with van der Waals surface area (Å²) in [6.07, 6.45) is 1.36. The second kappa shape index (κ2) is 5.11. The van der Waals surface area contributed by atoms with Gasteiger partial charge in [0.25, 0.3) is 0 Å². The summed E-state index contributed by atoms with van der Waals surface area (Å²) >= 11 is 0. The molecule has 0 aromatic carbocycles. The van der Waals surface area contributed by atoms with Crippen LogP contribution in [0.4, 0.5) is 0 Å². The van der Waals surface area contributed by atoms with Crippen molar-refractivity contribution in [2.75, 3.05) is 0 Å². The molecule has 0 aliphatic rings. The number of rotatable bonds is 5. The molecule has 0 amide bonds. The molecule has 11 heavy (non-hydrogen) atoms. The first kappa shape index (κ1) is 11.4. The molecule has 0 aromatic rings. The summed E-state index contributed by atoms with van der Waals surface area (Å²) in [6, 6.07) is 1.36. The van der Waals surface area contributed by atoms with E-state index in [2.05, 4.69) is 33.5 Å². The van der Waals surface area contributed by atoms with Gasteiger partial charge in [-0.15, -0.1) is 0 Å². The lowest BCUT2D eigenvalue weighted by atomic mass is 10.2. The van der Waals surface area contributed by atoms with E-state index >= 15 is 0 Å². The van der Waals surface area contributed by atoms with Crippen molar-refractivity contribution in [3.05, 3.63) is 0 Å². The van der Waals surface area contributed by atoms with Crippen molar-refractivity contribution < 1.29 is 4.12 Å². The molecule has 0 fully saturated rings. The first-order chi connectivity index (χ1) is 4.92. The number of hydrogen-bond acceptors (Lipinski definition) is 1. The standard InChI is InChI=1S/C8H22OSi2/c1-8(2)6-7-10-9-11(3,4)5/h8H,6-7,10H2,1-5H3. The predicted octanol–water partition coefficient (Wildman–Crippen LogP) is 2.39. The van der Waals surface area contributed by atoms with Crippen LogP contribution in [0.2, 0.25) is 25.7 Å². The first-order valence-electron chi connectivity index (χ1n) is 4.56. The molecule has 0 saturated carbocycles. The summed E-state index contributed by atoms with van der Waals surface area (Å²) in [5.41, 5.74) is 0. The van der Waals surface area contributed by atoms with E-state index in [0.717, 1.165) is 5.92 Å². The molecule has 0 saturated heterocycles. The van der Waals surface area contributed by atoms with E-state index in [0.29, 0.717) is 0 Å². The molecule has 0 spiro atoms. The molecule has 68 valence electrons. The molecule has 1 nitrogen and oxygen atoms in total. The van der Waals surface area contributed by atoms with Crippen molar-refractivity contribution in [1.82, 2.24) is 0 Å². The van der Waals surface area contributed by atoms with Crippen molar-refractivity contribution in [3.8, 4) is 0 Å². The molecule has 0 heterocycles. The minimum absolute atomic E-state index is 0.174. The van der Waals surface area contributed by atoms with Crippen LogP contribution >= 0.6 is 0 Å². The second-order valence-electron chi connectivity index (χ2n) is 4.50. The quantitative estimate of drug-likeness (QED) is 0.478. The minimum Gasteiger partial charge on any atom is -0.461 e. The van der Waals surface area contributed by atoms with Crippen molar-refractivity contribution in [2.45, 2.75) is 46.0 Å². The van der Waals surface area contributed by atoms with Crippen molar-refractivity contribution in [1.29, 1.82) is 0 Å². The highest BCUT2D eigenvalue weighted by molar-refractivity contribution is 6.73. The maximum Gasteiger partial charge on any atom is 0.169 e. The summed E-state index contributed by atoms with van der Waals surface area (Å²) in [6.45, 7) is 11.4. The topological polar surface area (TPSA) is 9.23 Å². The average Bonchev–Trinajstić information content (AvgIpc) is 1.78. The van der Waals surface area contributed by atoms with E-state index in [9.17, 15) is 0 Å². The van der Waals surface area contributed by atoms with Gasteiger partial charge in [0.15, 0.2) is 8.32 Å². The Morgan fingerprint density at radius 3 is 2.18 bits per heavy atom. The molecule has 0 bridgehead atoms. The zero-order chi connectivity index (χ0) is 8.91. The minimum atomic E-state index is -1.17. The van der Waals surface area contributed by atoms with Gasteiger partial charge in [-0.3, -0.25) is 0 Å². The second-order valence-corrected chi connectivity index (χ2v) is 11.0. The normalized spacial score (nSPS) is 13.6. The third-order valence-electron chi connectivity index (χ3n) is 1.46. The monoisotopic (exact) mass is 190 g/mol. The molecule has 0 atom stereocenters. The summed E-state index contributed by atoms with van der Waals surface area (Å²) in [7, 11) is -1.34. The van der Waals surface area contributed by atoms with E-state index in [1.165, 1.54) is 12.5 Å². The van der Waals surface area contributed by atoms with Crippen molar-refractivity contribution in [3.63, 3.8) is 0 Å². The van der Waals surface area contributed by atoms with Gasteiger partial charge in [0.1, 0.15) is 9.76 Å². The molecule has 0 aliphatic heterocycles. The van der Waals surface area contributed by atoms with Gasteiger partial charge in [0, 0.05) is 0 Å². The fraction of sp³-hybridized carbons (Fsp3) is 1.00. The van der Waals surface area contributed by atoms with Crippen LogP contribution in [0.25, 0.3) is 0 Å². The number of hydrogen-bond donors (Lipinski definition) is 0. The Kier molecular flexibility index (Phi) is 5.30. The van der Waals surface area contributed by atoms with Crippen LogP contribution in [0.1, 0.15) is 20.3 Å². The van der Waals surface area contributed by atoms with Crippen LogP contribution in [-0.2, 0) is 4.12 Å². The Labute approximate surface area is 74.6 Å². The zero-order valence-corrected chi connectivity index (χ0v) is 11.0.